The van der Waals surface area contributed by atoms with Crippen molar-refractivity contribution in [3.05, 3.63) is 56.1 Å². The van der Waals surface area contributed by atoms with Crippen LogP contribution < -0.4 is 14.9 Å². The van der Waals surface area contributed by atoms with Crippen LogP contribution in [0.2, 0.25) is 5.02 Å². The van der Waals surface area contributed by atoms with Crippen molar-refractivity contribution in [3.8, 4) is 11.5 Å². The van der Waals surface area contributed by atoms with Crippen LogP contribution in [0.3, 0.4) is 0 Å². The summed E-state index contributed by atoms with van der Waals surface area (Å²) in [5.41, 5.74) is 4.15. The normalized spacial score (nSPS) is 15.2. The first-order chi connectivity index (χ1) is 14.9. The number of amides is 1. The summed E-state index contributed by atoms with van der Waals surface area (Å²) < 4.78 is 23.5. The van der Waals surface area contributed by atoms with Crippen LogP contribution in [0, 0.1) is 3.57 Å². The highest BCUT2D eigenvalue weighted by Crippen LogP contribution is 2.35. The Kier molecular flexibility index (Phi) is 8.53. The maximum absolute atomic E-state index is 12.1. The first kappa shape index (κ1) is 23.8. The molecule has 0 unspecified atom stereocenters. The van der Waals surface area contributed by atoms with E-state index in [0.717, 1.165) is 14.7 Å². The molecule has 1 N–H and O–H groups in total. The number of hydrogen-bond acceptors (Lipinski definition) is 6. The van der Waals surface area contributed by atoms with Gasteiger partial charge in [-0.1, -0.05) is 29.8 Å². The third-order valence-corrected chi connectivity index (χ3v) is 5.61. The number of ether oxygens (including phenoxy) is 4. The third kappa shape index (κ3) is 6.80. The van der Waals surface area contributed by atoms with Gasteiger partial charge in [-0.05, 0) is 60.2 Å². The van der Waals surface area contributed by atoms with Crippen molar-refractivity contribution in [1.29, 1.82) is 0 Å². The zero-order chi connectivity index (χ0) is 22.3. The number of halogens is 2. The maximum atomic E-state index is 12.1. The van der Waals surface area contributed by atoms with Gasteiger partial charge in [0.1, 0.15) is 6.61 Å². The average Bonchev–Trinajstić information content (AvgIpc) is 3.14. The summed E-state index contributed by atoms with van der Waals surface area (Å²) in [5, 5.41) is 4.69. The largest absolute Gasteiger partial charge is 0.490 e. The number of nitrogens with one attached hydrogen (secondary N) is 1. The van der Waals surface area contributed by atoms with Crippen LogP contribution in [0.15, 0.2) is 41.5 Å². The molecule has 2 aromatic rings. The Morgan fingerprint density at radius 2 is 2.03 bits per heavy atom. The Bertz CT molecular complexity index is 947. The smallest absolute Gasteiger partial charge is 0.245 e. The van der Waals surface area contributed by atoms with Crippen LogP contribution in [0.1, 0.15) is 31.4 Å². The predicted molar refractivity (Wildman–Crippen MR) is 127 cm³/mol. The second kappa shape index (κ2) is 11.1. The Hall–Kier alpha value is -1.88. The molecular weight excluding hydrogens is 535 g/mol. The van der Waals surface area contributed by atoms with E-state index in [1.807, 2.05) is 43.3 Å². The lowest BCUT2D eigenvalue weighted by atomic mass is 10.2. The van der Waals surface area contributed by atoms with Gasteiger partial charge in [-0.2, -0.15) is 5.10 Å². The second-order valence-corrected chi connectivity index (χ2v) is 8.51. The van der Waals surface area contributed by atoms with E-state index < -0.39 is 5.79 Å². The van der Waals surface area contributed by atoms with Gasteiger partial charge in [0.25, 0.3) is 0 Å². The van der Waals surface area contributed by atoms with Crippen LogP contribution in [0.25, 0.3) is 0 Å². The van der Waals surface area contributed by atoms with Crippen molar-refractivity contribution in [2.75, 3.05) is 19.8 Å². The summed E-state index contributed by atoms with van der Waals surface area (Å²) in [6.07, 6.45) is 1.63. The Labute approximate surface area is 200 Å². The predicted octanol–water partition coefficient (Wildman–Crippen LogP) is 4.53. The Morgan fingerprint density at radius 3 is 2.74 bits per heavy atom. The van der Waals surface area contributed by atoms with E-state index >= 15 is 0 Å². The van der Waals surface area contributed by atoms with Crippen LogP contribution in [0.4, 0.5) is 0 Å². The second-order valence-electron chi connectivity index (χ2n) is 6.94. The summed E-state index contributed by atoms with van der Waals surface area (Å²) in [5.74, 6) is 0.0409. The lowest BCUT2D eigenvalue weighted by Gasteiger charge is -2.20. The van der Waals surface area contributed by atoms with Gasteiger partial charge in [0.15, 0.2) is 17.3 Å². The van der Waals surface area contributed by atoms with Crippen molar-refractivity contribution >= 4 is 46.3 Å². The van der Waals surface area contributed by atoms with Gasteiger partial charge in [0.05, 0.1) is 36.0 Å². The molecule has 0 bridgehead atoms. The number of nitrogens with zero attached hydrogens (tertiary/aromatic N) is 1. The molecule has 9 heteroatoms. The molecule has 1 saturated heterocycles. The summed E-state index contributed by atoms with van der Waals surface area (Å²) in [6, 6.07) is 11.2. The summed E-state index contributed by atoms with van der Waals surface area (Å²) in [4.78, 5) is 12.1. The van der Waals surface area contributed by atoms with Gasteiger partial charge in [-0.3, -0.25) is 4.79 Å². The molecule has 31 heavy (non-hydrogen) atoms. The summed E-state index contributed by atoms with van der Waals surface area (Å²) in [6.45, 7) is 5.41. The first-order valence-corrected chi connectivity index (χ1v) is 11.3. The fourth-order valence-corrected chi connectivity index (χ4v) is 3.97. The third-order valence-electron chi connectivity index (χ3n) is 4.44. The van der Waals surface area contributed by atoms with Crippen molar-refractivity contribution in [2.45, 2.75) is 32.7 Å². The van der Waals surface area contributed by atoms with Gasteiger partial charge in [0, 0.05) is 10.6 Å². The minimum absolute atomic E-state index is 0.0703. The molecule has 0 radical (unpaired) electrons. The molecule has 1 aliphatic rings. The molecule has 2 aromatic carbocycles. The van der Waals surface area contributed by atoms with Crippen LogP contribution >= 0.6 is 34.2 Å². The van der Waals surface area contributed by atoms with E-state index in [-0.39, 0.29) is 12.3 Å². The molecule has 1 aliphatic heterocycles. The van der Waals surface area contributed by atoms with Crippen LogP contribution in [-0.2, 0) is 20.9 Å². The lowest BCUT2D eigenvalue weighted by molar-refractivity contribution is -0.159. The maximum Gasteiger partial charge on any atom is 0.245 e. The highest BCUT2D eigenvalue weighted by atomic mass is 127. The number of carbonyl (C=O) groups is 1. The van der Waals surface area contributed by atoms with Crippen molar-refractivity contribution < 1.29 is 23.7 Å². The van der Waals surface area contributed by atoms with Gasteiger partial charge < -0.3 is 18.9 Å². The van der Waals surface area contributed by atoms with E-state index in [4.69, 9.17) is 30.5 Å². The highest BCUT2D eigenvalue weighted by Gasteiger charge is 2.33. The fraction of sp³-hybridized carbons (Fsp3) is 0.364. The van der Waals surface area contributed by atoms with Gasteiger partial charge in [-0.15, -0.1) is 0 Å². The highest BCUT2D eigenvalue weighted by molar-refractivity contribution is 14.1. The summed E-state index contributed by atoms with van der Waals surface area (Å²) in [7, 11) is 0. The molecule has 3 rings (SSSR count). The molecule has 1 amide bonds. The molecule has 0 aliphatic carbocycles. The van der Waals surface area contributed by atoms with Gasteiger partial charge in [0.2, 0.25) is 5.91 Å². The van der Waals surface area contributed by atoms with Crippen molar-refractivity contribution in [3.63, 3.8) is 0 Å². The molecule has 0 spiro atoms. The van der Waals surface area contributed by atoms with Crippen molar-refractivity contribution in [2.24, 2.45) is 5.10 Å². The molecule has 0 saturated carbocycles. The zero-order valence-electron chi connectivity index (χ0n) is 17.3. The molecule has 1 fully saturated rings. The number of hydrogen-bond donors (Lipinski definition) is 1. The minimum atomic E-state index is -0.891. The van der Waals surface area contributed by atoms with Crippen LogP contribution in [0.5, 0.6) is 11.5 Å². The minimum Gasteiger partial charge on any atom is -0.490 e. The molecule has 7 nitrogen and oxygen atoms in total. The Morgan fingerprint density at radius 1 is 1.29 bits per heavy atom. The Balaban J connectivity index is 1.66. The van der Waals surface area contributed by atoms with E-state index in [2.05, 4.69) is 33.1 Å². The number of benzene rings is 2. The quantitative estimate of drug-likeness (QED) is 0.278. The molecule has 1 heterocycles. The van der Waals surface area contributed by atoms with E-state index in [9.17, 15) is 4.79 Å². The number of hydrazone groups is 1. The van der Waals surface area contributed by atoms with E-state index in [1.54, 1.807) is 13.1 Å². The molecule has 0 atom stereocenters. The molecular formula is C22H24ClIN2O5. The van der Waals surface area contributed by atoms with E-state index in [1.165, 1.54) is 0 Å². The zero-order valence-corrected chi connectivity index (χ0v) is 20.2. The monoisotopic (exact) mass is 558 g/mol. The van der Waals surface area contributed by atoms with Gasteiger partial charge in [-0.25, -0.2) is 5.43 Å². The van der Waals surface area contributed by atoms with Crippen LogP contribution in [-0.4, -0.2) is 37.7 Å². The first-order valence-electron chi connectivity index (χ1n) is 9.82. The lowest BCUT2D eigenvalue weighted by Crippen LogP contribution is -2.33. The van der Waals surface area contributed by atoms with Gasteiger partial charge >= 0.3 is 0 Å². The fourth-order valence-electron chi connectivity index (χ4n) is 3.00. The number of rotatable bonds is 9. The van der Waals surface area contributed by atoms with E-state index in [0.29, 0.717) is 42.9 Å². The molecule has 0 aromatic heterocycles. The van der Waals surface area contributed by atoms with Crippen molar-refractivity contribution in [1.82, 2.24) is 5.43 Å². The number of carbonyl (C=O) groups excluding carboxylic acids is 1. The summed E-state index contributed by atoms with van der Waals surface area (Å²) >= 11 is 8.40. The standard InChI is InChI=1S/C22H24ClIN2O5/c1-3-28-19-11-15(13-25-26-20(27)12-22(2)30-8-9-31-22)10-18(24)21(19)29-14-16-6-4-5-7-17(16)23/h4-7,10-11,13H,3,8-9,12,14H2,1-2H3,(H,26,27)/b25-13+. The topological polar surface area (TPSA) is 78.4 Å². The average molecular weight is 559 g/mol. The SMILES string of the molecule is CCOc1cc(/C=N/NC(=O)CC2(C)OCCO2)cc(I)c1OCc1ccccc1Cl. The molecule has 166 valence electrons.